The molecule has 0 aromatic carbocycles. The van der Waals surface area contributed by atoms with Crippen LogP contribution < -0.4 is 10.2 Å². The summed E-state index contributed by atoms with van der Waals surface area (Å²) in [6.07, 6.45) is 1.62. The Kier molecular flexibility index (Phi) is 4.40. The first-order valence-corrected chi connectivity index (χ1v) is 8.28. The molecule has 1 amide bonds. The maximum Gasteiger partial charge on any atom is 0.234 e. The van der Waals surface area contributed by atoms with E-state index in [0.29, 0.717) is 6.54 Å². The number of rotatable bonds is 3. The van der Waals surface area contributed by atoms with Crippen molar-refractivity contribution in [3.05, 3.63) is 18.1 Å². The van der Waals surface area contributed by atoms with Gasteiger partial charge in [-0.05, 0) is 33.8 Å². The third-order valence-corrected chi connectivity index (χ3v) is 3.97. The zero-order valence-corrected chi connectivity index (χ0v) is 14.8. The Morgan fingerprint density at radius 1 is 1.25 bits per heavy atom. The molecule has 0 atom stereocenters. The predicted octanol–water partition coefficient (Wildman–Crippen LogP) is 0.469. The highest BCUT2D eigenvalue weighted by atomic mass is 16.2. The fourth-order valence-electron chi connectivity index (χ4n) is 2.97. The highest BCUT2D eigenvalue weighted by molar-refractivity contribution is 5.78. The van der Waals surface area contributed by atoms with Gasteiger partial charge in [0.15, 0.2) is 0 Å². The van der Waals surface area contributed by atoms with Gasteiger partial charge in [0.05, 0.1) is 17.9 Å². The van der Waals surface area contributed by atoms with Crippen molar-refractivity contribution >= 4 is 17.2 Å². The van der Waals surface area contributed by atoms with Crippen LogP contribution in [0.25, 0.3) is 5.65 Å². The Balaban J connectivity index is 1.62. The van der Waals surface area contributed by atoms with Crippen LogP contribution in [0.5, 0.6) is 0 Å². The maximum atomic E-state index is 12.1. The Bertz CT molecular complexity index is 726. The third kappa shape index (κ3) is 3.81. The number of hydrogen-bond donors (Lipinski definition) is 1. The smallest absolute Gasteiger partial charge is 0.234 e. The predicted molar refractivity (Wildman–Crippen MR) is 92.1 cm³/mol. The minimum absolute atomic E-state index is 0.0792. The van der Waals surface area contributed by atoms with Crippen LogP contribution in [0, 0.1) is 6.92 Å². The molecule has 8 nitrogen and oxygen atoms in total. The molecule has 2 aromatic rings. The van der Waals surface area contributed by atoms with Crippen LogP contribution in [0.15, 0.2) is 12.4 Å². The second-order valence-electron chi connectivity index (χ2n) is 7.33. The SMILES string of the molecule is Cc1cc(N2CCN(CC(=O)NC(C)(C)C)CC2)c2nncn2n1. The van der Waals surface area contributed by atoms with Crippen LogP contribution >= 0.6 is 0 Å². The van der Waals surface area contributed by atoms with E-state index in [0.717, 1.165) is 43.2 Å². The van der Waals surface area contributed by atoms with Crippen LogP contribution in [0.2, 0.25) is 0 Å². The van der Waals surface area contributed by atoms with Crippen molar-refractivity contribution in [3.63, 3.8) is 0 Å². The molecular formula is C16H25N7O. The lowest BCUT2D eigenvalue weighted by Gasteiger charge is -2.36. The molecule has 0 unspecified atom stereocenters. The molecule has 3 rings (SSSR count). The Morgan fingerprint density at radius 3 is 2.62 bits per heavy atom. The van der Waals surface area contributed by atoms with Gasteiger partial charge in [0.25, 0.3) is 0 Å². The number of aryl methyl sites for hydroxylation is 1. The van der Waals surface area contributed by atoms with Crippen molar-refractivity contribution in [2.45, 2.75) is 33.2 Å². The minimum atomic E-state index is -0.188. The van der Waals surface area contributed by atoms with E-state index in [4.69, 9.17) is 0 Å². The highest BCUT2D eigenvalue weighted by Crippen LogP contribution is 2.21. The van der Waals surface area contributed by atoms with Crippen molar-refractivity contribution in [3.8, 4) is 0 Å². The minimum Gasteiger partial charge on any atom is -0.366 e. The molecule has 1 aliphatic rings. The van der Waals surface area contributed by atoms with Gasteiger partial charge in [0.1, 0.15) is 6.33 Å². The molecular weight excluding hydrogens is 306 g/mol. The molecule has 1 fully saturated rings. The topological polar surface area (TPSA) is 78.7 Å². The second-order valence-corrected chi connectivity index (χ2v) is 7.33. The number of fused-ring (bicyclic) bond motifs is 1. The summed E-state index contributed by atoms with van der Waals surface area (Å²) in [4.78, 5) is 16.5. The Hall–Kier alpha value is -2.22. The molecule has 3 heterocycles. The maximum absolute atomic E-state index is 12.1. The van der Waals surface area contributed by atoms with E-state index in [1.54, 1.807) is 10.8 Å². The van der Waals surface area contributed by atoms with Crippen molar-refractivity contribution in [1.29, 1.82) is 0 Å². The van der Waals surface area contributed by atoms with E-state index in [-0.39, 0.29) is 11.4 Å². The van der Waals surface area contributed by atoms with Gasteiger partial charge in [0.2, 0.25) is 11.6 Å². The van der Waals surface area contributed by atoms with Gasteiger partial charge in [0, 0.05) is 31.7 Å². The number of hydrogen-bond acceptors (Lipinski definition) is 6. The lowest BCUT2D eigenvalue weighted by atomic mass is 10.1. The van der Waals surface area contributed by atoms with E-state index in [1.165, 1.54) is 0 Å². The molecule has 130 valence electrons. The highest BCUT2D eigenvalue weighted by Gasteiger charge is 2.23. The molecule has 0 bridgehead atoms. The average Bonchev–Trinajstić information content (AvgIpc) is 2.93. The first-order chi connectivity index (χ1) is 11.3. The fourth-order valence-corrected chi connectivity index (χ4v) is 2.97. The summed E-state index contributed by atoms with van der Waals surface area (Å²) in [5.74, 6) is 0.0792. The van der Waals surface area contributed by atoms with Gasteiger partial charge >= 0.3 is 0 Å². The van der Waals surface area contributed by atoms with Crippen LogP contribution in [-0.4, -0.2) is 68.9 Å². The summed E-state index contributed by atoms with van der Waals surface area (Å²) in [6.45, 7) is 11.8. The summed E-state index contributed by atoms with van der Waals surface area (Å²) in [5.41, 5.74) is 2.58. The molecule has 0 radical (unpaired) electrons. The molecule has 8 heteroatoms. The van der Waals surface area contributed by atoms with Crippen molar-refractivity contribution in [1.82, 2.24) is 30.0 Å². The van der Waals surface area contributed by atoms with Gasteiger partial charge in [-0.2, -0.15) is 9.61 Å². The number of anilines is 1. The third-order valence-electron chi connectivity index (χ3n) is 3.97. The van der Waals surface area contributed by atoms with Gasteiger partial charge in [-0.15, -0.1) is 10.2 Å². The Labute approximate surface area is 141 Å². The molecule has 2 aromatic heterocycles. The normalized spacial score (nSPS) is 16.6. The van der Waals surface area contributed by atoms with Gasteiger partial charge in [-0.3, -0.25) is 9.69 Å². The van der Waals surface area contributed by atoms with Gasteiger partial charge in [-0.25, -0.2) is 0 Å². The summed E-state index contributed by atoms with van der Waals surface area (Å²) in [5, 5.41) is 15.5. The summed E-state index contributed by atoms with van der Waals surface area (Å²) >= 11 is 0. The summed E-state index contributed by atoms with van der Waals surface area (Å²) in [7, 11) is 0. The van der Waals surface area contributed by atoms with E-state index >= 15 is 0 Å². The van der Waals surface area contributed by atoms with E-state index in [2.05, 4.69) is 30.4 Å². The largest absolute Gasteiger partial charge is 0.366 e. The van der Waals surface area contributed by atoms with E-state index < -0.39 is 0 Å². The average molecular weight is 331 g/mol. The van der Waals surface area contributed by atoms with Gasteiger partial charge < -0.3 is 10.2 Å². The second kappa shape index (κ2) is 6.35. The zero-order valence-electron chi connectivity index (χ0n) is 14.8. The number of piperazine rings is 1. The number of amides is 1. The van der Waals surface area contributed by atoms with Crippen LogP contribution in [0.1, 0.15) is 26.5 Å². The standard InChI is InChI=1S/C16H25N7O/c1-12-9-13(15-19-17-11-23(15)20-12)22-7-5-21(6-8-22)10-14(24)18-16(2,3)4/h9,11H,5-8,10H2,1-4H3,(H,18,24). The molecule has 1 saturated heterocycles. The Morgan fingerprint density at radius 2 is 1.96 bits per heavy atom. The quantitative estimate of drug-likeness (QED) is 0.881. The molecule has 1 aliphatic heterocycles. The molecule has 24 heavy (non-hydrogen) atoms. The number of carbonyl (C=O) groups excluding carboxylic acids is 1. The van der Waals surface area contributed by atoms with Crippen LogP contribution in [0.3, 0.4) is 0 Å². The monoisotopic (exact) mass is 331 g/mol. The first kappa shape index (κ1) is 16.6. The molecule has 1 N–H and O–H groups in total. The van der Waals surface area contributed by atoms with E-state index in [9.17, 15) is 4.79 Å². The fraction of sp³-hybridized carbons (Fsp3) is 0.625. The molecule has 0 saturated carbocycles. The molecule has 0 aliphatic carbocycles. The van der Waals surface area contributed by atoms with Crippen molar-refractivity contribution in [2.75, 3.05) is 37.6 Å². The summed E-state index contributed by atoms with van der Waals surface area (Å²) < 4.78 is 1.72. The zero-order chi connectivity index (χ0) is 17.3. The number of nitrogens with one attached hydrogen (secondary N) is 1. The van der Waals surface area contributed by atoms with Crippen molar-refractivity contribution in [2.24, 2.45) is 0 Å². The first-order valence-electron chi connectivity index (χ1n) is 8.28. The van der Waals surface area contributed by atoms with Crippen LogP contribution in [-0.2, 0) is 4.79 Å². The van der Waals surface area contributed by atoms with Crippen LogP contribution in [0.4, 0.5) is 5.69 Å². The van der Waals surface area contributed by atoms with E-state index in [1.807, 2.05) is 33.8 Å². The van der Waals surface area contributed by atoms with Gasteiger partial charge in [-0.1, -0.05) is 0 Å². The number of aromatic nitrogens is 4. The number of carbonyl (C=O) groups is 1. The lowest BCUT2D eigenvalue weighted by Crippen LogP contribution is -2.51. The number of nitrogens with zero attached hydrogens (tertiary/aromatic N) is 6. The lowest BCUT2D eigenvalue weighted by molar-refractivity contribution is -0.123. The van der Waals surface area contributed by atoms with Crippen molar-refractivity contribution < 1.29 is 4.79 Å². The summed E-state index contributed by atoms with van der Waals surface area (Å²) in [6, 6.07) is 2.05. The molecule has 0 spiro atoms.